The molecule has 1 saturated heterocycles. The van der Waals surface area contributed by atoms with Gasteiger partial charge in [0.2, 0.25) is 0 Å². The van der Waals surface area contributed by atoms with Gasteiger partial charge in [0.1, 0.15) is 12.2 Å². The molecule has 2 heterocycles. The van der Waals surface area contributed by atoms with E-state index in [1.54, 1.807) is 18.2 Å². The molecular weight excluding hydrogens is 528 g/mol. The molecular formula is C30H26N4O5S. The van der Waals surface area contributed by atoms with Crippen LogP contribution >= 0.6 is 12.2 Å². The molecule has 0 unspecified atom stereocenters. The molecule has 4 aromatic rings. The molecule has 1 amide bonds. The minimum Gasteiger partial charge on any atom is -0.468 e. The zero-order chi connectivity index (χ0) is 28.4. The number of amides is 1. The second-order valence-electron chi connectivity index (χ2n) is 9.29. The highest BCUT2D eigenvalue weighted by Gasteiger charge is 2.40. The van der Waals surface area contributed by atoms with E-state index in [1.165, 1.54) is 29.0 Å². The van der Waals surface area contributed by atoms with Gasteiger partial charge in [0, 0.05) is 41.3 Å². The minimum atomic E-state index is -0.523. The Balaban J connectivity index is 1.56. The predicted molar refractivity (Wildman–Crippen MR) is 157 cm³/mol. The third-order valence-corrected chi connectivity index (χ3v) is 7.27. The van der Waals surface area contributed by atoms with Crippen LogP contribution in [-0.2, 0) is 27.3 Å². The molecule has 0 atom stereocenters. The Morgan fingerprint density at radius 3 is 2.35 bits per heavy atom. The number of benzene rings is 3. The molecule has 1 aliphatic rings. The summed E-state index contributed by atoms with van der Waals surface area (Å²) in [6.45, 7) is 2.31. The number of thiocarbonyl (C=S) groups is 1. The highest BCUT2D eigenvalue weighted by atomic mass is 32.1. The number of hydrogen-bond acceptors (Lipinski definition) is 6. The van der Waals surface area contributed by atoms with E-state index in [2.05, 4.69) is 6.92 Å². The van der Waals surface area contributed by atoms with Crippen molar-refractivity contribution in [2.24, 2.45) is 0 Å². The number of para-hydroxylation sites is 1. The summed E-state index contributed by atoms with van der Waals surface area (Å²) in [6, 6.07) is 21.8. The fourth-order valence-electron chi connectivity index (χ4n) is 4.72. The molecule has 3 aromatic carbocycles. The van der Waals surface area contributed by atoms with Gasteiger partial charge in [-0.3, -0.25) is 24.6 Å². The summed E-state index contributed by atoms with van der Waals surface area (Å²) in [7, 11) is 1.29. The lowest BCUT2D eigenvalue weighted by molar-refractivity contribution is -0.384. The standard InChI is InChI=1S/C30H26N4O5S/c1-3-20-8-12-23(13-9-20)33-29(36)27(32(30(33)40)19-28(35)39-2)16-22-18-31(26-7-5-4-6-25(22)26)17-21-10-14-24(15-11-21)34(37)38/h4-16,18H,3,17,19H2,1-2H3/b27-16-. The summed E-state index contributed by atoms with van der Waals surface area (Å²) < 4.78 is 6.91. The molecule has 0 radical (unpaired) electrons. The molecule has 0 saturated carbocycles. The molecule has 0 N–H and O–H groups in total. The first kappa shape index (κ1) is 26.8. The molecule has 9 nitrogen and oxygen atoms in total. The van der Waals surface area contributed by atoms with Crippen LogP contribution in [0.25, 0.3) is 17.0 Å². The summed E-state index contributed by atoms with van der Waals surface area (Å²) >= 11 is 5.69. The SMILES string of the molecule is CCc1ccc(N2C(=O)/C(=C/c3cn(Cc4ccc([N+](=O)[O-])cc4)c4ccccc34)N(CC(=O)OC)C2=S)cc1. The molecule has 40 heavy (non-hydrogen) atoms. The van der Waals surface area contributed by atoms with E-state index >= 15 is 0 Å². The highest BCUT2D eigenvalue weighted by Crippen LogP contribution is 2.32. The molecule has 5 rings (SSSR count). The maximum atomic E-state index is 13.8. The predicted octanol–water partition coefficient (Wildman–Crippen LogP) is 5.31. The zero-order valence-electron chi connectivity index (χ0n) is 21.9. The number of nitrogens with zero attached hydrogens (tertiary/aromatic N) is 4. The number of ether oxygens (including phenoxy) is 1. The fraction of sp³-hybridized carbons (Fsp3) is 0.167. The van der Waals surface area contributed by atoms with Crippen molar-refractivity contribution in [1.29, 1.82) is 0 Å². The third kappa shape index (κ3) is 5.08. The number of carbonyl (C=O) groups is 2. The first-order valence-electron chi connectivity index (χ1n) is 12.6. The first-order valence-corrected chi connectivity index (χ1v) is 13.1. The Morgan fingerprint density at radius 1 is 1.02 bits per heavy atom. The monoisotopic (exact) mass is 554 g/mol. The first-order chi connectivity index (χ1) is 19.3. The van der Waals surface area contributed by atoms with Crippen molar-refractivity contribution >= 4 is 57.6 Å². The highest BCUT2D eigenvalue weighted by molar-refractivity contribution is 7.80. The minimum absolute atomic E-state index is 0.0295. The summed E-state index contributed by atoms with van der Waals surface area (Å²) in [6.07, 6.45) is 4.53. The van der Waals surface area contributed by atoms with E-state index in [-0.39, 0.29) is 28.9 Å². The lowest BCUT2D eigenvalue weighted by Crippen LogP contribution is -2.35. The quantitative estimate of drug-likeness (QED) is 0.0958. The van der Waals surface area contributed by atoms with E-state index in [4.69, 9.17) is 17.0 Å². The molecule has 10 heteroatoms. The van der Waals surface area contributed by atoms with Gasteiger partial charge in [0.25, 0.3) is 11.6 Å². The average Bonchev–Trinajstić information content (AvgIpc) is 3.42. The summed E-state index contributed by atoms with van der Waals surface area (Å²) in [4.78, 5) is 39.6. The number of non-ortho nitro benzene ring substituents is 1. The van der Waals surface area contributed by atoms with E-state index in [9.17, 15) is 19.7 Å². The lowest BCUT2D eigenvalue weighted by Gasteiger charge is -2.19. The molecule has 202 valence electrons. The van der Waals surface area contributed by atoms with Gasteiger partial charge in [-0.05, 0) is 54.0 Å². The molecule has 1 aliphatic heterocycles. The second-order valence-corrected chi connectivity index (χ2v) is 9.65. The third-order valence-electron chi connectivity index (χ3n) is 6.86. The van der Waals surface area contributed by atoms with Crippen LogP contribution in [0, 0.1) is 10.1 Å². The maximum Gasteiger partial charge on any atom is 0.325 e. The van der Waals surface area contributed by atoms with Crippen LogP contribution in [0.3, 0.4) is 0 Å². The van der Waals surface area contributed by atoms with Crippen molar-refractivity contribution in [3.63, 3.8) is 0 Å². The number of rotatable bonds is 8. The number of hydrogen-bond donors (Lipinski definition) is 0. The average molecular weight is 555 g/mol. The number of methoxy groups -OCH3 is 1. The van der Waals surface area contributed by atoms with E-state index in [1.807, 2.05) is 59.3 Å². The van der Waals surface area contributed by atoms with Crippen molar-refractivity contribution in [3.05, 3.63) is 111 Å². The van der Waals surface area contributed by atoms with Gasteiger partial charge < -0.3 is 14.2 Å². The van der Waals surface area contributed by atoms with Gasteiger partial charge in [0.15, 0.2) is 5.11 Å². The van der Waals surface area contributed by atoms with Gasteiger partial charge in [0.05, 0.1) is 17.7 Å². The zero-order valence-corrected chi connectivity index (χ0v) is 22.8. The number of aryl methyl sites for hydroxylation is 1. The number of carbonyl (C=O) groups excluding carboxylic acids is 2. The summed E-state index contributed by atoms with van der Waals surface area (Å²) in [5.74, 6) is -0.866. The van der Waals surface area contributed by atoms with Crippen LogP contribution in [0.4, 0.5) is 11.4 Å². The van der Waals surface area contributed by atoms with E-state index in [0.717, 1.165) is 34.0 Å². The maximum absolute atomic E-state index is 13.8. The van der Waals surface area contributed by atoms with Crippen LogP contribution in [0.2, 0.25) is 0 Å². The van der Waals surface area contributed by atoms with Gasteiger partial charge >= 0.3 is 5.97 Å². The van der Waals surface area contributed by atoms with Crippen LogP contribution in [0.15, 0.2) is 84.7 Å². The molecule has 0 bridgehead atoms. The van der Waals surface area contributed by atoms with Crippen molar-refractivity contribution in [2.75, 3.05) is 18.6 Å². The van der Waals surface area contributed by atoms with E-state index < -0.39 is 10.9 Å². The lowest BCUT2D eigenvalue weighted by atomic mass is 10.1. The number of aromatic nitrogens is 1. The van der Waals surface area contributed by atoms with Crippen LogP contribution in [-0.4, -0.2) is 45.0 Å². The van der Waals surface area contributed by atoms with Crippen molar-refractivity contribution in [1.82, 2.24) is 9.47 Å². The van der Waals surface area contributed by atoms with Gasteiger partial charge in [-0.15, -0.1) is 0 Å². The van der Waals surface area contributed by atoms with Crippen molar-refractivity contribution < 1.29 is 19.2 Å². The molecule has 1 fully saturated rings. The van der Waals surface area contributed by atoms with E-state index in [0.29, 0.717) is 12.2 Å². The van der Waals surface area contributed by atoms with Gasteiger partial charge in [-0.1, -0.05) is 49.4 Å². The Hall–Kier alpha value is -4.83. The summed E-state index contributed by atoms with van der Waals surface area (Å²) in [5.41, 5.74) is 4.61. The Labute approximate surface area is 236 Å². The van der Waals surface area contributed by atoms with Crippen LogP contribution < -0.4 is 4.90 Å². The normalized spacial score (nSPS) is 14.4. The second kappa shape index (κ2) is 11.1. The Kier molecular flexibility index (Phi) is 7.43. The number of esters is 1. The fourth-order valence-corrected chi connectivity index (χ4v) is 5.07. The molecule has 0 aliphatic carbocycles. The van der Waals surface area contributed by atoms with Gasteiger partial charge in [-0.2, -0.15) is 0 Å². The Bertz CT molecular complexity index is 1660. The number of fused-ring (bicyclic) bond motifs is 1. The number of nitro benzene ring substituents is 1. The van der Waals surface area contributed by atoms with Crippen LogP contribution in [0.1, 0.15) is 23.6 Å². The van der Waals surface area contributed by atoms with Gasteiger partial charge in [-0.25, -0.2) is 0 Å². The largest absolute Gasteiger partial charge is 0.468 e. The molecule has 0 spiro atoms. The topological polar surface area (TPSA) is 97.9 Å². The summed E-state index contributed by atoms with van der Waals surface area (Å²) in [5, 5.41) is 12.1. The van der Waals surface area contributed by atoms with Crippen LogP contribution in [0.5, 0.6) is 0 Å². The Morgan fingerprint density at radius 2 is 1.70 bits per heavy atom. The van der Waals surface area contributed by atoms with Crippen molar-refractivity contribution in [3.8, 4) is 0 Å². The smallest absolute Gasteiger partial charge is 0.325 e. The molecule has 1 aromatic heterocycles. The van der Waals surface area contributed by atoms with Crippen molar-refractivity contribution in [2.45, 2.75) is 19.9 Å². The number of nitro groups is 1. The number of anilines is 1.